The number of benzene rings is 3. The summed E-state index contributed by atoms with van der Waals surface area (Å²) in [4.78, 5) is 17.2. The molecule has 0 N–H and O–H groups in total. The van der Waals surface area contributed by atoms with Gasteiger partial charge in [-0.2, -0.15) is 0 Å². The van der Waals surface area contributed by atoms with E-state index in [4.69, 9.17) is 0 Å². The molecule has 0 spiro atoms. The van der Waals surface area contributed by atoms with Gasteiger partial charge in [-0.1, -0.05) is 72.3 Å². The van der Waals surface area contributed by atoms with Crippen LogP contribution in [0.25, 0.3) is 11.1 Å². The van der Waals surface area contributed by atoms with E-state index in [9.17, 15) is 4.79 Å². The molecule has 0 radical (unpaired) electrons. The number of hydrogen-bond acceptors (Lipinski definition) is 2. The van der Waals surface area contributed by atoms with Crippen LogP contribution in [-0.2, 0) is 11.3 Å². The van der Waals surface area contributed by atoms with Gasteiger partial charge in [0.2, 0.25) is 5.91 Å². The number of anilines is 1. The summed E-state index contributed by atoms with van der Waals surface area (Å²) in [6.07, 6.45) is 0. The van der Waals surface area contributed by atoms with Crippen LogP contribution in [0.15, 0.2) is 78.9 Å². The molecule has 1 heterocycles. The fourth-order valence-corrected chi connectivity index (χ4v) is 3.90. The van der Waals surface area contributed by atoms with E-state index in [2.05, 4.69) is 72.5 Å². The number of aryl methyl sites for hydroxylation is 1. The molecule has 3 heteroatoms. The number of carbonyl (C=O) groups is 1. The van der Waals surface area contributed by atoms with Crippen molar-refractivity contribution >= 4 is 11.6 Å². The maximum atomic E-state index is 13.0. The summed E-state index contributed by atoms with van der Waals surface area (Å²) >= 11 is 0. The summed E-state index contributed by atoms with van der Waals surface area (Å²) in [6, 6.07) is 27.0. The Labute approximate surface area is 167 Å². The molecule has 1 aliphatic heterocycles. The summed E-state index contributed by atoms with van der Waals surface area (Å²) in [6.45, 7) is 6.54. The van der Waals surface area contributed by atoms with E-state index in [1.165, 1.54) is 22.3 Å². The number of nitrogens with zero attached hydrogens (tertiary/aromatic N) is 2. The molecule has 1 atom stereocenters. The van der Waals surface area contributed by atoms with Crippen molar-refractivity contribution in [2.24, 2.45) is 0 Å². The third kappa shape index (κ3) is 3.85. The second-order valence-electron chi connectivity index (χ2n) is 7.54. The van der Waals surface area contributed by atoms with E-state index in [1.54, 1.807) is 0 Å². The van der Waals surface area contributed by atoms with Crippen LogP contribution in [0.2, 0.25) is 0 Å². The fourth-order valence-electron chi connectivity index (χ4n) is 3.90. The number of amides is 1. The second kappa shape index (κ2) is 7.99. The molecular weight excluding hydrogens is 344 g/mol. The van der Waals surface area contributed by atoms with Crippen LogP contribution in [0.3, 0.4) is 0 Å². The van der Waals surface area contributed by atoms with Crippen molar-refractivity contribution in [3.05, 3.63) is 90.0 Å². The van der Waals surface area contributed by atoms with Crippen LogP contribution in [0.1, 0.15) is 18.1 Å². The molecule has 0 aliphatic carbocycles. The third-order valence-corrected chi connectivity index (χ3v) is 5.54. The third-order valence-electron chi connectivity index (χ3n) is 5.54. The summed E-state index contributed by atoms with van der Waals surface area (Å²) in [5.74, 6) is 0.173. The SMILES string of the molecule is Cc1cccc(CN2CCN(c3ccc(-c4ccccc4)cc3)C(=O)[C@H]2C)c1. The van der Waals surface area contributed by atoms with E-state index >= 15 is 0 Å². The minimum absolute atomic E-state index is 0.122. The van der Waals surface area contributed by atoms with E-state index < -0.39 is 0 Å². The van der Waals surface area contributed by atoms with Crippen LogP contribution in [0.4, 0.5) is 5.69 Å². The van der Waals surface area contributed by atoms with Gasteiger partial charge in [0.1, 0.15) is 0 Å². The average Bonchev–Trinajstić information content (AvgIpc) is 2.73. The molecule has 1 fully saturated rings. The first-order valence-electron chi connectivity index (χ1n) is 9.88. The zero-order valence-electron chi connectivity index (χ0n) is 16.5. The van der Waals surface area contributed by atoms with Crippen molar-refractivity contribution in [2.75, 3.05) is 18.0 Å². The molecule has 3 nitrogen and oxygen atoms in total. The average molecular weight is 370 g/mol. The molecule has 4 rings (SSSR count). The Morgan fingerprint density at radius 1 is 0.857 bits per heavy atom. The van der Waals surface area contributed by atoms with Gasteiger partial charge in [-0.25, -0.2) is 0 Å². The first-order valence-corrected chi connectivity index (χ1v) is 9.88. The van der Waals surface area contributed by atoms with Crippen LogP contribution >= 0.6 is 0 Å². The van der Waals surface area contributed by atoms with E-state index in [1.807, 2.05) is 30.0 Å². The number of carbonyl (C=O) groups excluding carboxylic acids is 1. The monoisotopic (exact) mass is 370 g/mol. The van der Waals surface area contributed by atoms with Crippen molar-refractivity contribution in [2.45, 2.75) is 26.4 Å². The largest absolute Gasteiger partial charge is 0.310 e. The number of rotatable bonds is 4. The summed E-state index contributed by atoms with van der Waals surface area (Å²) in [5.41, 5.74) is 5.86. The van der Waals surface area contributed by atoms with Crippen molar-refractivity contribution in [1.29, 1.82) is 0 Å². The molecule has 0 saturated carbocycles. The normalized spacial score (nSPS) is 17.7. The lowest BCUT2D eigenvalue weighted by Crippen LogP contribution is -2.55. The molecule has 0 aromatic heterocycles. The molecular formula is C25H26N2O. The summed E-state index contributed by atoms with van der Waals surface area (Å²) in [5, 5.41) is 0. The van der Waals surface area contributed by atoms with Crippen LogP contribution in [0, 0.1) is 6.92 Å². The zero-order chi connectivity index (χ0) is 19.5. The number of piperazine rings is 1. The van der Waals surface area contributed by atoms with Gasteiger partial charge in [0.15, 0.2) is 0 Å². The first kappa shape index (κ1) is 18.5. The highest BCUT2D eigenvalue weighted by Gasteiger charge is 2.32. The van der Waals surface area contributed by atoms with Crippen molar-refractivity contribution < 1.29 is 4.79 Å². The second-order valence-corrected chi connectivity index (χ2v) is 7.54. The Balaban J connectivity index is 1.46. The standard InChI is InChI=1S/C25H26N2O/c1-19-7-6-8-21(17-19)18-26-15-16-27(25(28)20(26)2)24-13-11-23(12-14-24)22-9-4-3-5-10-22/h3-14,17,20H,15-16,18H2,1-2H3/t20-/m1/s1. The molecule has 0 unspecified atom stereocenters. The smallest absolute Gasteiger partial charge is 0.244 e. The lowest BCUT2D eigenvalue weighted by Gasteiger charge is -2.39. The molecule has 0 bridgehead atoms. The highest BCUT2D eigenvalue weighted by Crippen LogP contribution is 2.26. The molecule has 28 heavy (non-hydrogen) atoms. The van der Waals surface area contributed by atoms with Gasteiger partial charge in [0.25, 0.3) is 0 Å². The quantitative estimate of drug-likeness (QED) is 0.652. The number of hydrogen-bond donors (Lipinski definition) is 0. The zero-order valence-corrected chi connectivity index (χ0v) is 16.5. The Kier molecular flexibility index (Phi) is 5.27. The van der Waals surface area contributed by atoms with Gasteiger partial charge in [-0.15, -0.1) is 0 Å². The lowest BCUT2D eigenvalue weighted by molar-refractivity contribution is -0.125. The molecule has 1 aliphatic rings. The predicted octanol–water partition coefficient (Wildman–Crippen LogP) is 4.90. The van der Waals surface area contributed by atoms with Gasteiger partial charge in [0.05, 0.1) is 6.04 Å². The van der Waals surface area contributed by atoms with Crippen molar-refractivity contribution in [1.82, 2.24) is 4.90 Å². The van der Waals surface area contributed by atoms with Crippen LogP contribution < -0.4 is 4.90 Å². The Morgan fingerprint density at radius 3 is 2.29 bits per heavy atom. The van der Waals surface area contributed by atoms with Gasteiger partial charge >= 0.3 is 0 Å². The minimum Gasteiger partial charge on any atom is -0.310 e. The highest BCUT2D eigenvalue weighted by atomic mass is 16.2. The molecule has 3 aromatic carbocycles. The molecule has 1 amide bonds. The van der Waals surface area contributed by atoms with Gasteiger partial charge in [-0.05, 0) is 42.7 Å². The summed E-state index contributed by atoms with van der Waals surface area (Å²) in [7, 11) is 0. The van der Waals surface area contributed by atoms with Gasteiger partial charge in [-0.3, -0.25) is 9.69 Å². The highest BCUT2D eigenvalue weighted by molar-refractivity contribution is 5.97. The van der Waals surface area contributed by atoms with Crippen LogP contribution in [-0.4, -0.2) is 29.9 Å². The van der Waals surface area contributed by atoms with E-state index in [-0.39, 0.29) is 11.9 Å². The maximum Gasteiger partial charge on any atom is 0.244 e. The minimum atomic E-state index is -0.122. The van der Waals surface area contributed by atoms with E-state index in [0.717, 1.165) is 25.3 Å². The fraction of sp³-hybridized carbons (Fsp3) is 0.240. The van der Waals surface area contributed by atoms with Crippen LogP contribution in [0.5, 0.6) is 0 Å². The predicted molar refractivity (Wildman–Crippen MR) is 115 cm³/mol. The first-order chi connectivity index (χ1) is 13.6. The Hall–Kier alpha value is -2.91. The Morgan fingerprint density at radius 2 is 1.57 bits per heavy atom. The van der Waals surface area contributed by atoms with E-state index in [0.29, 0.717) is 0 Å². The Bertz CT molecular complexity index is 950. The molecule has 3 aromatic rings. The topological polar surface area (TPSA) is 23.6 Å². The van der Waals surface area contributed by atoms with Gasteiger partial charge in [0, 0.05) is 25.3 Å². The lowest BCUT2D eigenvalue weighted by atomic mass is 10.0. The summed E-state index contributed by atoms with van der Waals surface area (Å²) < 4.78 is 0. The molecule has 1 saturated heterocycles. The van der Waals surface area contributed by atoms with Crippen molar-refractivity contribution in [3.63, 3.8) is 0 Å². The van der Waals surface area contributed by atoms with Crippen molar-refractivity contribution in [3.8, 4) is 11.1 Å². The van der Waals surface area contributed by atoms with Gasteiger partial charge < -0.3 is 4.90 Å². The maximum absolute atomic E-state index is 13.0. The molecule has 142 valence electrons.